The van der Waals surface area contributed by atoms with Crippen molar-refractivity contribution in [3.05, 3.63) is 54.1 Å². The number of ketones is 1. The lowest BCUT2D eigenvalue weighted by molar-refractivity contribution is -0.113. The van der Waals surface area contributed by atoms with Gasteiger partial charge in [-0.2, -0.15) is 0 Å². The lowest BCUT2D eigenvalue weighted by Gasteiger charge is -2.36. The van der Waals surface area contributed by atoms with Gasteiger partial charge in [0.05, 0.1) is 11.4 Å². The topological polar surface area (TPSA) is 52.7 Å². The van der Waals surface area contributed by atoms with Gasteiger partial charge in [0.2, 0.25) is 5.91 Å². The normalized spacial score (nSPS) is 17.0. The number of benzene rings is 2. The third kappa shape index (κ3) is 5.19. The summed E-state index contributed by atoms with van der Waals surface area (Å²) in [5.74, 6) is 0.603. The Balaban J connectivity index is 1.18. The maximum atomic E-state index is 12.5. The van der Waals surface area contributed by atoms with Crippen molar-refractivity contribution in [1.29, 1.82) is 0 Å². The number of fused-ring (bicyclic) bond motifs is 1. The molecule has 0 atom stereocenters. The van der Waals surface area contributed by atoms with E-state index in [0.717, 1.165) is 56.1 Å². The van der Waals surface area contributed by atoms with Crippen LogP contribution in [0.3, 0.4) is 0 Å². The number of hydrogen-bond acceptors (Lipinski definition) is 5. The molecule has 1 fully saturated rings. The summed E-state index contributed by atoms with van der Waals surface area (Å²) in [7, 11) is 0. The number of hydrogen-bond donors (Lipinski definition) is 1. The average molecular weight is 410 g/mol. The van der Waals surface area contributed by atoms with Gasteiger partial charge >= 0.3 is 0 Å². The quantitative estimate of drug-likeness (QED) is 0.555. The third-order valence-electron chi connectivity index (χ3n) is 5.56. The van der Waals surface area contributed by atoms with Gasteiger partial charge in [0.15, 0.2) is 5.78 Å². The fraction of sp³-hybridized carbons (Fsp3) is 0.391. The van der Waals surface area contributed by atoms with Crippen LogP contribution in [0.2, 0.25) is 0 Å². The first-order chi connectivity index (χ1) is 14.2. The second-order valence-corrected chi connectivity index (χ2v) is 8.61. The monoisotopic (exact) mass is 409 g/mol. The predicted octanol–water partition coefficient (Wildman–Crippen LogP) is 3.91. The first-order valence-corrected chi connectivity index (χ1v) is 11.3. The molecule has 0 spiro atoms. The molecule has 2 aliphatic heterocycles. The molecule has 6 heteroatoms. The molecule has 2 aromatic rings. The summed E-state index contributed by atoms with van der Waals surface area (Å²) in [6.45, 7) is 5.31. The molecule has 2 heterocycles. The summed E-state index contributed by atoms with van der Waals surface area (Å²) in [6.07, 6.45) is 2.49. The highest BCUT2D eigenvalue weighted by Crippen LogP contribution is 2.32. The van der Waals surface area contributed by atoms with Gasteiger partial charge in [0.1, 0.15) is 0 Å². The fourth-order valence-electron chi connectivity index (χ4n) is 3.89. The molecular formula is C23H27N3O2S. The number of carbonyl (C=O) groups is 2. The van der Waals surface area contributed by atoms with Crippen LogP contribution >= 0.6 is 11.8 Å². The summed E-state index contributed by atoms with van der Waals surface area (Å²) < 4.78 is 0. The molecule has 1 N–H and O–H groups in total. The molecule has 5 nitrogen and oxygen atoms in total. The summed E-state index contributed by atoms with van der Waals surface area (Å²) in [4.78, 5) is 30.0. The van der Waals surface area contributed by atoms with Crippen LogP contribution in [-0.2, 0) is 4.79 Å². The molecule has 2 aliphatic rings. The molecule has 0 aromatic heterocycles. The largest absolute Gasteiger partial charge is 0.369 e. The highest BCUT2D eigenvalue weighted by Gasteiger charge is 2.18. The van der Waals surface area contributed by atoms with Gasteiger partial charge in [-0.15, -0.1) is 11.8 Å². The second kappa shape index (κ2) is 9.46. The third-order valence-corrected chi connectivity index (χ3v) is 6.63. The smallest absolute Gasteiger partial charge is 0.234 e. The zero-order valence-electron chi connectivity index (χ0n) is 16.6. The molecule has 0 radical (unpaired) electrons. The number of nitrogens with one attached hydrogen (secondary N) is 1. The van der Waals surface area contributed by atoms with E-state index >= 15 is 0 Å². The van der Waals surface area contributed by atoms with Crippen molar-refractivity contribution in [3.63, 3.8) is 0 Å². The van der Waals surface area contributed by atoms with E-state index in [1.165, 1.54) is 17.4 Å². The summed E-state index contributed by atoms with van der Waals surface area (Å²) >= 11 is 1.52. The SMILES string of the molecule is O=C1CSc2ccc(C(=O)CCCCN3CCN(c4ccccc4)CC3)cc2N1. The first-order valence-electron chi connectivity index (χ1n) is 10.3. The minimum absolute atomic E-state index is 0.000500. The lowest BCUT2D eigenvalue weighted by Crippen LogP contribution is -2.46. The van der Waals surface area contributed by atoms with Crippen LogP contribution in [0.4, 0.5) is 11.4 Å². The Bertz CT molecular complexity index is 864. The van der Waals surface area contributed by atoms with Crippen molar-refractivity contribution in [2.24, 2.45) is 0 Å². The molecule has 1 saturated heterocycles. The van der Waals surface area contributed by atoms with Crippen molar-refractivity contribution in [1.82, 2.24) is 4.90 Å². The molecule has 1 amide bonds. The van der Waals surface area contributed by atoms with E-state index in [0.29, 0.717) is 17.7 Å². The number of amides is 1. The number of nitrogens with zero attached hydrogens (tertiary/aromatic N) is 2. The molecular weight excluding hydrogens is 382 g/mol. The zero-order valence-corrected chi connectivity index (χ0v) is 17.4. The molecule has 0 bridgehead atoms. The number of para-hydroxylation sites is 1. The van der Waals surface area contributed by atoms with E-state index in [4.69, 9.17) is 0 Å². The Morgan fingerprint density at radius 3 is 2.59 bits per heavy atom. The van der Waals surface area contributed by atoms with Crippen LogP contribution in [0, 0.1) is 0 Å². The summed E-state index contributed by atoms with van der Waals surface area (Å²) in [5, 5.41) is 2.86. The maximum absolute atomic E-state index is 12.5. The number of unbranched alkanes of at least 4 members (excludes halogenated alkanes) is 1. The fourth-order valence-corrected chi connectivity index (χ4v) is 4.68. The van der Waals surface area contributed by atoms with Gasteiger partial charge in [0, 0.05) is 48.7 Å². The standard InChI is InChI=1S/C23H27N3O2S/c27-21(18-9-10-22-20(16-18)24-23(28)17-29-22)8-4-5-11-25-12-14-26(15-13-25)19-6-2-1-3-7-19/h1-3,6-7,9-10,16H,4-5,8,11-15,17H2,(H,24,28). The molecule has 152 valence electrons. The molecule has 0 saturated carbocycles. The van der Waals surface area contributed by atoms with Crippen molar-refractivity contribution in [2.45, 2.75) is 24.2 Å². The van der Waals surface area contributed by atoms with E-state index in [1.54, 1.807) is 0 Å². The van der Waals surface area contributed by atoms with E-state index < -0.39 is 0 Å². The van der Waals surface area contributed by atoms with Gasteiger partial charge in [0.25, 0.3) is 0 Å². The lowest BCUT2D eigenvalue weighted by atomic mass is 10.0. The first kappa shape index (κ1) is 20.0. The average Bonchev–Trinajstić information content (AvgIpc) is 2.77. The van der Waals surface area contributed by atoms with Crippen LogP contribution < -0.4 is 10.2 Å². The number of thioether (sulfide) groups is 1. The van der Waals surface area contributed by atoms with E-state index in [9.17, 15) is 9.59 Å². The molecule has 0 aliphatic carbocycles. The number of rotatable bonds is 7. The Kier molecular flexibility index (Phi) is 6.52. The van der Waals surface area contributed by atoms with E-state index in [2.05, 4.69) is 45.4 Å². The predicted molar refractivity (Wildman–Crippen MR) is 119 cm³/mol. The van der Waals surface area contributed by atoms with E-state index in [1.807, 2.05) is 18.2 Å². The minimum atomic E-state index is -0.000500. The van der Waals surface area contributed by atoms with E-state index in [-0.39, 0.29) is 11.7 Å². The second-order valence-electron chi connectivity index (χ2n) is 7.59. The van der Waals surface area contributed by atoms with Crippen molar-refractivity contribution >= 4 is 34.8 Å². The molecule has 0 unspecified atom stereocenters. The Morgan fingerprint density at radius 1 is 1.00 bits per heavy atom. The molecule has 2 aromatic carbocycles. The number of carbonyl (C=O) groups excluding carboxylic acids is 2. The van der Waals surface area contributed by atoms with Gasteiger partial charge in [-0.1, -0.05) is 24.3 Å². The maximum Gasteiger partial charge on any atom is 0.234 e. The van der Waals surface area contributed by atoms with Gasteiger partial charge in [-0.25, -0.2) is 0 Å². The Labute approximate surface area is 176 Å². The van der Waals surface area contributed by atoms with Crippen molar-refractivity contribution in [2.75, 3.05) is 48.7 Å². The zero-order chi connectivity index (χ0) is 20.1. The van der Waals surface area contributed by atoms with Crippen LogP contribution in [0.1, 0.15) is 29.6 Å². The van der Waals surface area contributed by atoms with Crippen LogP contribution in [0.15, 0.2) is 53.4 Å². The highest BCUT2D eigenvalue weighted by atomic mass is 32.2. The van der Waals surface area contributed by atoms with Gasteiger partial charge in [-0.05, 0) is 43.7 Å². The number of anilines is 2. The van der Waals surface area contributed by atoms with Gasteiger partial charge < -0.3 is 10.2 Å². The van der Waals surface area contributed by atoms with Crippen molar-refractivity contribution < 1.29 is 9.59 Å². The molecule has 29 heavy (non-hydrogen) atoms. The Hall–Kier alpha value is -2.31. The van der Waals surface area contributed by atoms with Crippen molar-refractivity contribution in [3.8, 4) is 0 Å². The summed E-state index contributed by atoms with van der Waals surface area (Å²) in [5.41, 5.74) is 2.77. The van der Waals surface area contributed by atoms with Crippen LogP contribution in [0.5, 0.6) is 0 Å². The van der Waals surface area contributed by atoms with Gasteiger partial charge in [-0.3, -0.25) is 14.5 Å². The number of piperazine rings is 1. The highest BCUT2D eigenvalue weighted by molar-refractivity contribution is 8.00. The van der Waals surface area contributed by atoms with Crippen LogP contribution in [0.25, 0.3) is 0 Å². The molecule has 4 rings (SSSR count). The number of Topliss-reactive ketones (excluding diaryl/α,β-unsaturated/α-hetero) is 1. The van der Waals surface area contributed by atoms with Crippen LogP contribution in [-0.4, -0.2) is 55.1 Å². The minimum Gasteiger partial charge on any atom is -0.369 e. The Morgan fingerprint density at radius 2 is 1.79 bits per heavy atom. The summed E-state index contributed by atoms with van der Waals surface area (Å²) in [6, 6.07) is 16.2.